The largest absolute Gasteiger partial charge is 0.462 e. The number of carbonyl (C=O) groups is 2. The number of aliphatic hydroxyl groups excluding tert-OH is 4. The highest BCUT2D eigenvalue weighted by atomic mass is 16.6. The van der Waals surface area contributed by atoms with E-state index >= 15 is 0 Å². The number of ether oxygens (including phenoxy) is 2. The maximum absolute atomic E-state index is 12.3. The Morgan fingerprint density at radius 2 is 1.25 bits per heavy atom. The Balaban J connectivity index is 2.05. The first kappa shape index (κ1) is 49.3. The number of hydrogen-bond donors (Lipinski definition) is 4. The van der Waals surface area contributed by atoms with Crippen LogP contribution in [0.1, 0.15) is 194 Å². The molecule has 0 radical (unpaired) electrons. The molecule has 0 heterocycles. The van der Waals surface area contributed by atoms with Gasteiger partial charge in [0.25, 0.3) is 0 Å². The topological polar surface area (TPSA) is 134 Å². The summed E-state index contributed by atoms with van der Waals surface area (Å²) in [6, 6.07) is 0. The monoisotopic (exact) mass is 751 g/mol. The molecule has 1 rings (SSSR count). The van der Waals surface area contributed by atoms with E-state index in [-0.39, 0.29) is 30.8 Å². The van der Waals surface area contributed by atoms with Crippen LogP contribution in [-0.4, -0.2) is 70.0 Å². The highest BCUT2D eigenvalue weighted by molar-refractivity contribution is 5.70. The summed E-state index contributed by atoms with van der Waals surface area (Å²) in [6.45, 7) is 6.21. The molecule has 0 spiro atoms. The van der Waals surface area contributed by atoms with Crippen LogP contribution in [0.5, 0.6) is 0 Å². The van der Waals surface area contributed by atoms with E-state index in [1.54, 1.807) is 6.08 Å². The standard InChI is InChI=1S/C45H82O8/c1-4-5-22-28-38(47)32-33-41-40(42(48)34-43(41)49)29-24-20-21-26-31-45(51)53-39(35-46)36-52-44(50)30-25-19-17-15-13-11-9-7-6-8-10-12-14-16-18-23-27-37(2)3/h20,24,32-33,37-43,46-49H,4-19,21-23,25-31,34-36H2,1-3H3/b24-20+,33-32+/t38-,39-,40+,41+,42-,43+/m0/s1. The van der Waals surface area contributed by atoms with Gasteiger partial charge in [0, 0.05) is 25.2 Å². The molecule has 1 aliphatic carbocycles. The maximum Gasteiger partial charge on any atom is 0.306 e. The van der Waals surface area contributed by atoms with Crippen LogP contribution < -0.4 is 0 Å². The molecule has 0 saturated heterocycles. The van der Waals surface area contributed by atoms with Crippen LogP contribution in [0.2, 0.25) is 0 Å². The molecule has 1 aliphatic rings. The van der Waals surface area contributed by atoms with Crippen LogP contribution >= 0.6 is 0 Å². The molecule has 1 saturated carbocycles. The van der Waals surface area contributed by atoms with Crippen LogP contribution in [0.3, 0.4) is 0 Å². The number of esters is 2. The SMILES string of the molecule is CCCCC[C@H](O)/C=C/[C@@H]1[C@@H](C/C=C/CCCC(=O)O[C@@H](CO)COC(=O)CCCCCCCCCCCCCCCCCCC(C)C)[C@@H](O)C[C@H]1O. The minimum absolute atomic E-state index is 0.123. The first-order valence-electron chi connectivity index (χ1n) is 22.0. The number of rotatable bonds is 35. The molecule has 6 atom stereocenters. The minimum Gasteiger partial charge on any atom is -0.462 e. The van der Waals surface area contributed by atoms with Crippen LogP contribution in [0, 0.1) is 17.8 Å². The van der Waals surface area contributed by atoms with Crippen molar-refractivity contribution in [2.45, 2.75) is 219 Å². The van der Waals surface area contributed by atoms with E-state index in [4.69, 9.17) is 9.47 Å². The summed E-state index contributed by atoms with van der Waals surface area (Å²) in [6.07, 6.45) is 33.4. The van der Waals surface area contributed by atoms with Gasteiger partial charge in [-0.1, -0.05) is 167 Å². The lowest BCUT2D eigenvalue weighted by Crippen LogP contribution is -2.28. The van der Waals surface area contributed by atoms with Gasteiger partial charge in [0.05, 0.1) is 24.9 Å². The van der Waals surface area contributed by atoms with Crippen molar-refractivity contribution in [3.8, 4) is 0 Å². The first-order valence-corrected chi connectivity index (χ1v) is 22.0. The maximum atomic E-state index is 12.3. The van der Waals surface area contributed by atoms with Crippen LogP contribution in [0.15, 0.2) is 24.3 Å². The van der Waals surface area contributed by atoms with E-state index in [1.807, 2.05) is 18.2 Å². The zero-order valence-electron chi connectivity index (χ0n) is 34.3. The fourth-order valence-corrected chi connectivity index (χ4v) is 7.32. The summed E-state index contributed by atoms with van der Waals surface area (Å²) < 4.78 is 10.6. The molecule has 0 aromatic rings. The molecule has 4 N–H and O–H groups in total. The van der Waals surface area contributed by atoms with Gasteiger partial charge in [0.1, 0.15) is 6.61 Å². The molecule has 0 amide bonds. The van der Waals surface area contributed by atoms with Gasteiger partial charge in [-0.3, -0.25) is 9.59 Å². The van der Waals surface area contributed by atoms with Crippen molar-refractivity contribution in [2.24, 2.45) is 17.8 Å². The summed E-state index contributed by atoms with van der Waals surface area (Å²) in [5, 5.41) is 40.8. The predicted molar refractivity (Wildman–Crippen MR) is 216 cm³/mol. The van der Waals surface area contributed by atoms with Crippen molar-refractivity contribution in [3.05, 3.63) is 24.3 Å². The molecule has 1 fully saturated rings. The van der Waals surface area contributed by atoms with E-state index in [1.165, 1.54) is 89.9 Å². The molecule has 0 aromatic carbocycles. The molecule has 0 aliphatic heterocycles. The van der Waals surface area contributed by atoms with Gasteiger partial charge < -0.3 is 29.9 Å². The smallest absolute Gasteiger partial charge is 0.306 e. The Hall–Kier alpha value is -1.74. The number of aliphatic hydroxyl groups is 4. The lowest BCUT2D eigenvalue weighted by Gasteiger charge is -2.19. The third kappa shape index (κ3) is 27.5. The number of allylic oxidation sites excluding steroid dienone is 2. The van der Waals surface area contributed by atoms with Crippen molar-refractivity contribution in [1.82, 2.24) is 0 Å². The van der Waals surface area contributed by atoms with Crippen LogP contribution in [-0.2, 0) is 19.1 Å². The van der Waals surface area contributed by atoms with Gasteiger partial charge in [-0.2, -0.15) is 0 Å². The zero-order chi connectivity index (χ0) is 38.9. The quantitative estimate of drug-likeness (QED) is 0.0286. The Labute approximate surface area is 324 Å². The molecule has 53 heavy (non-hydrogen) atoms. The van der Waals surface area contributed by atoms with Crippen molar-refractivity contribution in [1.29, 1.82) is 0 Å². The molecule has 0 aromatic heterocycles. The molecule has 8 nitrogen and oxygen atoms in total. The van der Waals surface area contributed by atoms with Crippen LogP contribution in [0.4, 0.5) is 0 Å². The summed E-state index contributed by atoms with van der Waals surface area (Å²) >= 11 is 0. The normalized spacial score (nSPS) is 20.2. The molecular weight excluding hydrogens is 668 g/mol. The van der Waals surface area contributed by atoms with Crippen molar-refractivity contribution in [2.75, 3.05) is 13.2 Å². The second-order valence-electron chi connectivity index (χ2n) is 16.2. The molecule has 8 heteroatoms. The van der Waals surface area contributed by atoms with E-state index in [2.05, 4.69) is 20.8 Å². The van der Waals surface area contributed by atoms with E-state index < -0.39 is 37.0 Å². The Bertz CT molecular complexity index is 933. The molecule has 0 bridgehead atoms. The van der Waals surface area contributed by atoms with E-state index in [9.17, 15) is 30.0 Å². The third-order valence-corrected chi connectivity index (χ3v) is 10.7. The van der Waals surface area contributed by atoms with Gasteiger partial charge >= 0.3 is 11.9 Å². The van der Waals surface area contributed by atoms with E-state index in [0.717, 1.165) is 44.4 Å². The van der Waals surface area contributed by atoms with Crippen molar-refractivity contribution < 1.29 is 39.5 Å². The van der Waals surface area contributed by atoms with Gasteiger partial charge in [0.15, 0.2) is 6.10 Å². The van der Waals surface area contributed by atoms with Gasteiger partial charge in [-0.05, 0) is 43.9 Å². The molecule has 310 valence electrons. The molecule has 0 unspecified atom stereocenters. The van der Waals surface area contributed by atoms with E-state index in [0.29, 0.717) is 38.5 Å². The summed E-state index contributed by atoms with van der Waals surface area (Å²) in [4.78, 5) is 24.5. The lowest BCUT2D eigenvalue weighted by atomic mass is 9.89. The summed E-state index contributed by atoms with van der Waals surface area (Å²) in [5.41, 5.74) is 0. The van der Waals surface area contributed by atoms with Gasteiger partial charge in [-0.25, -0.2) is 0 Å². The summed E-state index contributed by atoms with van der Waals surface area (Å²) in [5.74, 6) is -0.247. The molecular formula is C45H82O8. The van der Waals surface area contributed by atoms with Gasteiger partial charge in [-0.15, -0.1) is 0 Å². The minimum atomic E-state index is -0.864. The zero-order valence-corrected chi connectivity index (χ0v) is 34.3. The third-order valence-electron chi connectivity index (χ3n) is 10.7. The van der Waals surface area contributed by atoms with Gasteiger partial charge in [0.2, 0.25) is 0 Å². The van der Waals surface area contributed by atoms with Crippen molar-refractivity contribution in [3.63, 3.8) is 0 Å². The average Bonchev–Trinajstić information content (AvgIpc) is 3.40. The lowest BCUT2D eigenvalue weighted by molar-refractivity contribution is -0.161. The second-order valence-corrected chi connectivity index (χ2v) is 16.2. The predicted octanol–water partition coefficient (Wildman–Crippen LogP) is 10.1. The summed E-state index contributed by atoms with van der Waals surface area (Å²) in [7, 11) is 0. The second kappa shape index (κ2) is 33.6. The fourth-order valence-electron chi connectivity index (χ4n) is 7.32. The number of carbonyl (C=O) groups excluding carboxylic acids is 2. The van der Waals surface area contributed by atoms with Crippen LogP contribution in [0.25, 0.3) is 0 Å². The Morgan fingerprint density at radius 1 is 0.698 bits per heavy atom. The highest BCUT2D eigenvalue weighted by Crippen LogP contribution is 2.36. The Kier molecular flexibility index (Phi) is 31.2. The fraction of sp³-hybridized carbons (Fsp3) is 0.867. The average molecular weight is 751 g/mol. The highest BCUT2D eigenvalue weighted by Gasteiger charge is 2.39. The number of unbranched alkanes of at least 4 members (excludes halogenated alkanes) is 18. The first-order chi connectivity index (χ1) is 25.7. The van der Waals surface area contributed by atoms with Crippen molar-refractivity contribution >= 4 is 11.9 Å². The Morgan fingerprint density at radius 3 is 1.81 bits per heavy atom. The number of hydrogen-bond acceptors (Lipinski definition) is 8.